The molecule has 0 saturated heterocycles. The highest BCUT2D eigenvalue weighted by Gasteiger charge is 2.39. The fourth-order valence-electron chi connectivity index (χ4n) is 1.93. The van der Waals surface area contributed by atoms with Gasteiger partial charge in [0.05, 0.1) is 0 Å². The lowest BCUT2D eigenvalue weighted by molar-refractivity contribution is -0.162. The van der Waals surface area contributed by atoms with Gasteiger partial charge in [0.2, 0.25) is 0 Å². The van der Waals surface area contributed by atoms with Gasteiger partial charge in [0.25, 0.3) is 0 Å². The summed E-state index contributed by atoms with van der Waals surface area (Å²) < 4.78 is 11.7. The molecule has 0 aliphatic rings. The summed E-state index contributed by atoms with van der Waals surface area (Å²) in [5, 5.41) is 0.183. The van der Waals surface area contributed by atoms with Crippen LogP contribution in [0.5, 0.6) is 0 Å². The summed E-state index contributed by atoms with van der Waals surface area (Å²) in [5.74, 6) is -0.333. The van der Waals surface area contributed by atoms with E-state index in [1.807, 2.05) is 39.8 Å². The highest BCUT2D eigenvalue weighted by atomic mass is 28.4. The molecule has 0 aromatic rings. The van der Waals surface area contributed by atoms with Crippen molar-refractivity contribution < 1.29 is 14.0 Å². The molecule has 0 amide bonds. The van der Waals surface area contributed by atoms with Crippen molar-refractivity contribution in [2.24, 2.45) is 5.73 Å². The molecule has 1 atom stereocenters. The number of nitrogens with two attached hydrogens (primary N) is 1. The predicted molar refractivity (Wildman–Crippen MR) is 105 cm³/mol. The molecule has 0 spiro atoms. The maximum atomic E-state index is 12.5. The van der Waals surface area contributed by atoms with Crippen LogP contribution < -0.4 is 5.73 Å². The Morgan fingerprint density at radius 3 is 2.08 bits per heavy atom. The SMILES string of the molecule is CC=CCC(N)(CCCO[Si](C)(C)C(C)(C)C)C(=O)OC(C)(C)C. The number of carbonyl (C=O) groups excluding carboxylic acids is 1. The van der Waals surface area contributed by atoms with Crippen LogP contribution in [0.4, 0.5) is 0 Å². The summed E-state index contributed by atoms with van der Waals surface area (Å²) in [4.78, 5) is 12.5. The molecule has 0 aliphatic carbocycles. The molecule has 4 nitrogen and oxygen atoms in total. The first-order valence-corrected chi connectivity index (χ1v) is 11.8. The van der Waals surface area contributed by atoms with Gasteiger partial charge < -0.3 is 14.9 Å². The Balaban J connectivity index is 4.78. The fourth-order valence-corrected chi connectivity index (χ4v) is 3.01. The number of rotatable bonds is 8. The smallest absolute Gasteiger partial charge is 0.326 e. The van der Waals surface area contributed by atoms with Crippen LogP contribution in [0.1, 0.15) is 67.7 Å². The van der Waals surface area contributed by atoms with E-state index < -0.39 is 19.5 Å². The van der Waals surface area contributed by atoms with Gasteiger partial charge >= 0.3 is 5.97 Å². The lowest BCUT2D eigenvalue weighted by Gasteiger charge is -2.36. The largest absolute Gasteiger partial charge is 0.459 e. The third kappa shape index (κ3) is 7.95. The summed E-state index contributed by atoms with van der Waals surface area (Å²) in [7, 11) is -1.76. The Labute approximate surface area is 150 Å². The minimum absolute atomic E-state index is 0.183. The zero-order valence-electron chi connectivity index (χ0n) is 17.3. The molecule has 1 unspecified atom stereocenters. The van der Waals surface area contributed by atoms with Crippen LogP contribution >= 0.6 is 0 Å². The molecule has 0 saturated carbocycles. The lowest BCUT2D eigenvalue weighted by Crippen LogP contribution is -2.51. The Morgan fingerprint density at radius 2 is 1.67 bits per heavy atom. The van der Waals surface area contributed by atoms with E-state index in [1.54, 1.807) is 0 Å². The van der Waals surface area contributed by atoms with Crippen molar-refractivity contribution in [3.8, 4) is 0 Å². The van der Waals surface area contributed by atoms with Crippen LogP contribution in [0.25, 0.3) is 0 Å². The predicted octanol–water partition coefficient (Wildman–Crippen LogP) is 4.79. The van der Waals surface area contributed by atoms with Crippen LogP contribution in [0, 0.1) is 0 Å². The van der Waals surface area contributed by atoms with Crippen LogP contribution in [0.2, 0.25) is 18.1 Å². The van der Waals surface area contributed by atoms with Crippen LogP contribution in [0.15, 0.2) is 12.2 Å². The van der Waals surface area contributed by atoms with Crippen LogP contribution in [-0.2, 0) is 14.0 Å². The van der Waals surface area contributed by atoms with E-state index in [-0.39, 0.29) is 11.0 Å². The van der Waals surface area contributed by atoms with Crippen molar-refractivity contribution in [2.75, 3.05) is 6.61 Å². The van der Waals surface area contributed by atoms with Gasteiger partial charge in [-0.05, 0) is 65.1 Å². The van der Waals surface area contributed by atoms with E-state index in [4.69, 9.17) is 14.9 Å². The molecule has 0 bridgehead atoms. The zero-order valence-corrected chi connectivity index (χ0v) is 18.3. The highest BCUT2D eigenvalue weighted by molar-refractivity contribution is 6.74. The van der Waals surface area contributed by atoms with Crippen molar-refractivity contribution >= 4 is 14.3 Å². The van der Waals surface area contributed by atoms with Crippen molar-refractivity contribution in [1.82, 2.24) is 0 Å². The second kappa shape index (κ2) is 8.63. The summed E-state index contributed by atoms with van der Waals surface area (Å²) in [6, 6.07) is 0. The molecular formula is C19H39NO3Si. The second-order valence-corrected chi connectivity index (χ2v) is 14.0. The van der Waals surface area contributed by atoms with E-state index in [0.717, 1.165) is 6.42 Å². The molecule has 24 heavy (non-hydrogen) atoms. The van der Waals surface area contributed by atoms with E-state index in [1.165, 1.54) is 0 Å². The molecule has 5 heteroatoms. The molecular weight excluding hydrogens is 318 g/mol. The molecule has 0 aromatic carbocycles. The average Bonchev–Trinajstić information content (AvgIpc) is 2.38. The first-order valence-electron chi connectivity index (χ1n) is 8.92. The maximum Gasteiger partial charge on any atom is 0.326 e. The maximum absolute atomic E-state index is 12.5. The molecule has 0 radical (unpaired) electrons. The number of carbonyl (C=O) groups is 1. The second-order valence-electron chi connectivity index (χ2n) is 9.14. The first kappa shape index (κ1) is 23.3. The minimum Gasteiger partial charge on any atom is -0.459 e. The normalized spacial score (nSPS) is 16.2. The first-order chi connectivity index (χ1) is 10.6. The molecule has 2 N–H and O–H groups in total. The van der Waals surface area contributed by atoms with Crippen molar-refractivity contribution in [1.29, 1.82) is 0 Å². The van der Waals surface area contributed by atoms with Gasteiger partial charge in [-0.2, -0.15) is 0 Å². The standard InChI is InChI=1S/C19H39NO3Si/c1-10-11-13-19(20,16(21)23-17(2,3)4)14-12-15-22-24(8,9)18(5,6)7/h10-11H,12-15,20H2,1-9H3. The average molecular weight is 358 g/mol. The Bertz CT molecular complexity index is 433. The summed E-state index contributed by atoms with van der Waals surface area (Å²) in [6.45, 7) is 19.3. The fraction of sp³-hybridized carbons (Fsp3) is 0.842. The van der Waals surface area contributed by atoms with Crippen LogP contribution in [0.3, 0.4) is 0 Å². The third-order valence-corrected chi connectivity index (χ3v) is 9.10. The minimum atomic E-state index is -1.76. The number of hydrogen-bond donors (Lipinski definition) is 1. The quantitative estimate of drug-likeness (QED) is 0.293. The van der Waals surface area contributed by atoms with Crippen LogP contribution in [-0.4, -0.2) is 32.0 Å². The molecule has 0 heterocycles. The lowest BCUT2D eigenvalue weighted by atomic mass is 9.90. The summed E-state index contributed by atoms with van der Waals surface area (Å²) in [5.41, 5.74) is 4.88. The Hall–Kier alpha value is -0.653. The van der Waals surface area contributed by atoms with Gasteiger partial charge in [-0.1, -0.05) is 32.9 Å². The number of allylic oxidation sites excluding steroid dienone is 1. The Kier molecular flexibility index (Phi) is 8.40. The van der Waals surface area contributed by atoms with Gasteiger partial charge in [-0.25, -0.2) is 0 Å². The highest BCUT2D eigenvalue weighted by Crippen LogP contribution is 2.36. The van der Waals surface area contributed by atoms with Gasteiger partial charge in [0.1, 0.15) is 11.1 Å². The van der Waals surface area contributed by atoms with E-state index in [9.17, 15) is 4.79 Å². The monoisotopic (exact) mass is 357 g/mol. The summed E-state index contributed by atoms with van der Waals surface area (Å²) >= 11 is 0. The molecule has 142 valence electrons. The molecule has 0 fully saturated rings. The summed E-state index contributed by atoms with van der Waals surface area (Å²) in [6.07, 6.45) is 5.63. The number of hydrogen-bond acceptors (Lipinski definition) is 4. The zero-order chi connectivity index (χ0) is 19.2. The van der Waals surface area contributed by atoms with Gasteiger partial charge in [0, 0.05) is 6.61 Å². The van der Waals surface area contributed by atoms with E-state index in [2.05, 4.69) is 33.9 Å². The molecule has 0 aromatic heterocycles. The van der Waals surface area contributed by atoms with Gasteiger partial charge in [-0.15, -0.1) is 0 Å². The van der Waals surface area contributed by atoms with Crippen molar-refractivity contribution in [3.05, 3.63) is 12.2 Å². The Morgan fingerprint density at radius 1 is 1.12 bits per heavy atom. The van der Waals surface area contributed by atoms with Crippen molar-refractivity contribution in [2.45, 2.75) is 97.0 Å². The third-order valence-electron chi connectivity index (χ3n) is 4.56. The number of esters is 1. The molecule has 0 rings (SSSR count). The molecule has 0 aliphatic heterocycles. The van der Waals surface area contributed by atoms with Gasteiger partial charge in [0.15, 0.2) is 8.32 Å². The van der Waals surface area contributed by atoms with Crippen molar-refractivity contribution in [3.63, 3.8) is 0 Å². The van der Waals surface area contributed by atoms with E-state index >= 15 is 0 Å². The number of ether oxygens (including phenoxy) is 1. The van der Waals surface area contributed by atoms with E-state index in [0.29, 0.717) is 19.4 Å². The topological polar surface area (TPSA) is 61.5 Å². The van der Waals surface area contributed by atoms with Gasteiger partial charge in [-0.3, -0.25) is 4.79 Å².